The van der Waals surface area contributed by atoms with Gasteiger partial charge in [0.05, 0.1) is 7.11 Å². The molecule has 1 amide bonds. The Morgan fingerprint density at radius 1 is 1.32 bits per heavy atom. The molecule has 6 nitrogen and oxygen atoms in total. The van der Waals surface area contributed by atoms with E-state index in [9.17, 15) is 9.18 Å². The van der Waals surface area contributed by atoms with Crippen molar-refractivity contribution >= 4 is 6.09 Å². The number of nitrogens with zero attached hydrogens (tertiary/aromatic N) is 2. The van der Waals surface area contributed by atoms with Crippen LogP contribution >= 0.6 is 0 Å². The number of rotatable bonds is 6. The van der Waals surface area contributed by atoms with Crippen molar-refractivity contribution in [3.05, 3.63) is 53.9 Å². The van der Waals surface area contributed by atoms with E-state index in [2.05, 4.69) is 26.3 Å². The average Bonchev–Trinajstić information content (AvgIpc) is 3.41. The number of hydrogen-bond acceptors (Lipinski definition) is 4. The molecule has 1 aromatic carbocycles. The molecule has 2 fully saturated rings. The van der Waals surface area contributed by atoms with E-state index in [0.29, 0.717) is 5.92 Å². The number of halogens is 1. The van der Waals surface area contributed by atoms with Gasteiger partial charge in [-0.15, -0.1) is 0 Å². The third-order valence-corrected chi connectivity index (χ3v) is 7.45. The topological polar surface area (TPSA) is 68.2 Å². The molecule has 1 unspecified atom stereocenters. The molecule has 4 rings (SSSR count). The third-order valence-electron chi connectivity index (χ3n) is 7.45. The minimum Gasteiger partial charge on any atom is -0.453 e. The maximum Gasteiger partial charge on any atom is 0.407 e. The van der Waals surface area contributed by atoms with E-state index in [1.807, 2.05) is 25.4 Å². The van der Waals surface area contributed by atoms with Gasteiger partial charge < -0.3 is 19.9 Å². The second-order valence-electron chi connectivity index (χ2n) is 8.96. The van der Waals surface area contributed by atoms with Crippen LogP contribution in [0.3, 0.4) is 0 Å². The summed E-state index contributed by atoms with van der Waals surface area (Å²) in [4.78, 5) is 16.6. The number of aryl methyl sites for hydroxylation is 1. The van der Waals surface area contributed by atoms with Gasteiger partial charge >= 0.3 is 6.09 Å². The summed E-state index contributed by atoms with van der Waals surface area (Å²) >= 11 is 0. The minimum atomic E-state index is -0.394. The molecule has 2 aromatic rings. The molecule has 168 valence electrons. The molecular weight excluding hydrogens is 395 g/mol. The molecule has 31 heavy (non-hydrogen) atoms. The van der Waals surface area contributed by atoms with Crippen LogP contribution in [0, 0.1) is 24.6 Å². The Morgan fingerprint density at radius 2 is 2.13 bits per heavy atom. The fourth-order valence-electron chi connectivity index (χ4n) is 6.02. The van der Waals surface area contributed by atoms with E-state index in [-0.39, 0.29) is 23.2 Å². The molecule has 2 aliphatic rings. The Balaban J connectivity index is 1.85. The van der Waals surface area contributed by atoms with Gasteiger partial charge in [0.25, 0.3) is 0 Å². The molecule has 1 saturated carbocycles. The number of imidazole rings is 1. The van der Waals surface area contributed by atoms with Crippen molar-refractivity contribution in [2.24, 2.45) is 11.8 Å². The first-order chi connectivity index (χ1) is 15.0. The second-order valence-corrected chi connectivity index (χ2v) is 8.96. The fourth-order valence-corrected chi connectivity index (χ4v) is 6.02. The van der Waals surface area contributed by atoms with E-state index >= 15 is 0 Å². The van der Waals surface area contributed by atoms with Crippen molar-refractivity contribution < 1.29 is 13.9 Å². The molecule has 1 aliphatic heterocycles. The zero-order valence-electron chi connectivity index (χ0n) is 18.4. The SMILES string of the molecule is COC(=O)N[C@H]1CCC[C@@H]1C(Cn1ccnc1C)(c1cccc(F)c1)C1CCNCC1. The number of hydrogen-bond donors (Lipinski definition) is 2. The lowest BCUT2D eigenvalue weighted by Gasteiger charge is -2.49. The van der Waals surface area contributed by atoms with Gasteiger partial charge in [-0.25, -0.2) is 14.2 Å². The van der Waals surface area contributed by atoms with E-state index in [0.717, 1.165) is 63.1 Å². The number of aromatic nitrogens is 2. The van der Waals surface area contributed by atoms with Gasteiger partial charge in [0.1, 0.15) is 11.6 Å². The van der Waals surface area contributed by atoms with Gasteiger partial charge in [0.2, 0.25) is 0 Å². The molecule has 0 radical (unpaired) electrons. The zero-order valence-corrected chi connectivity index (χ0v) is 18.4. The van der Waals surface area contributed by atoms with Gasteiger partial charge in [0.15, 0.2) is 0 Å². The number of ether oxygens (including phenoxy) is 1. The Hall–Kier alpha value is -2.41. The molecule has 7 heteroatoms. The summed E-state index contributed by atoms with van der Waals surface area (Å²) in [6, 6.07) is 7.11. The predicted octanol–water partition coefficient (Wildman–Crippen LogP) is 3.79. The molecule has 0 bridgehead atoms. The molecule has 0 spiro atoms. The minimum absolute atomic E-state index is 0.00516. The van der Waals surface area contributed by atoms with Gasteiger partial charge in [-0.3, -0.25) is 0 Å². The lowest BCUT2D eigenvalue weighted by molar-refractivity contribution is 0.0917. The summed E-state index contributed by atoms with van der Waals surface area (Å²) < 4.78 is 21.7. The van der Waals surface area contributed by atoms with Crippen molar-refractivity contribution in [1.82, 2.24) is 20.2 Å². The van der Waals surface area contributed by atoms with Crippen molar-refractivity contribution in [1.29, 1.82) is 0 Å². The number of nitrogens with one attached hydrogen (secondary N) is 2. The van der Waals surface area contributed by atoms with Crippen molar-refractivity contribution in [3.63, 3.8) is 0 Å². The number of benzene rings is 1. The first kappa shape index (κ1) is 21.8. The molecule has 3 atom stereocenters. The van der Waals surface area contributed by atoms with Crippen LogP contribution in [0.15, 0.2) is 36.7 Å². The number of piperidine rings is 1. The van der Waals surface area contributed by atoms with Gasteiger partial charge in [-0.2, -0.15) is 0 Å². The highest BCUT2D eigenvalue weighted by Gasteiger charge is 2.51. The Bertz CT molecular complexity index is 895. The highest BCUT2D eigenvalue weighted by molar-refractivity contribution is 5.67. The number of methoxy groups -OCH3 is 1. The van der Waals surface area contributed by atoms with Crippen molar-refractivity contribution in [2.45, 2.75) is 57.0 Å². The Labute approximate surface area is 183 Å². The highest BCUT2D eigenvalue weighted by atomic mass is 19.1. The van der Waals surface area contributed by atoms with Crippen LogP contribution in [-0.4, -0.2) is 41.9 Å². The molecule has 2 heterocycles. The maximum absolute atomic E-state index is 14.6. The second kappa shape index (κ2) is 9.39. The highest BCUT2D eigenvalue weighted by Crippen LogP contribution is 2.51. The summed E-state index contributed by atoms with van der Waals surface area (Å²) in [6.07, 6.45) is 8.42. The Kier molecular flexibility index (Phi) is 6.60. The van der Waals surface area contributed by atoms with Crippen LogP contribution in [0.2, 0.25) is 0 Å². The molecule has 2 N–H and O–H groups in total. The lowest BCUT2D eigenvalue weighted by Crippen LogP contribution is -2.54. The zero-order chi connectivity index (χ0) is 21.8. The first-order valence-corrected chi connectivity index (χ1v) is 11.3. The number of carbonyl (C=O) groups is 1. The van der Waals surface area contributed by atoms with Gasteiger partial charge in [0, 0.05) is 30.4 Å². The third kappa shape index (κ3) is 4.33. The van der Waals surface area contributed by atoms with Crippen LogP contribution in [0.1, 0.15) is 43.5 Å². The van der Waals surface area contributed by atoms with Gasteiger partial charge in [-0.05, 0) is 75.2 Å². The summed E-state index contributed by atoms with van der Waals surface area (Å²) in [7, 11) is 1.40. The standard InChI is InChI=1S/C24H33FN4O2/c1-17-27-13-14-29(17)16-24(18-9-11-26-12-10-18,19-5-3-6-20(25)15-19)21-7-4-8-22(21)28-23(30)31-2/h3,5-6,13-15,18,21-22,26H,4,7-12,16H2,1-2H3,(H,28,30)/t21-,22-,24?/m0/s1. The number of amides is 1. The summed E-state index contributed by atoms with van der Waals surface area (Å²) in [6.45, 7) is 4.63. The van der Waals surface area contributed by atoms with Crippen LogP contribution in [-0.2, 0) is 16.7 Å². The predicted molar refractivity (Wildman–Crippen MR) is 117 cm³/mol. The summed E-state index contributed by atoms with van der Waals surface area (Å²) in [5.74, 6) is 1.28. The van der Waals surface area contributed by atoms with Crippen LogP contribution in [0.25, 0.3) is 0 Å². The van der Waals surface area contributed by atoms with Crippen LogP contribution < -0.4 is 10.6 Å². The molecule has 1 aromatic heterocycles. The van der Waals surface area contributed by atoms with E-state index in [1.54, 1.807) is 6.07 Å². The molecule has 1 saturated heterocycles. The van der Waals surface area contributed by atoms with Crippen molar-refractivity contribution in [2.75, 3.05) is 20.2 Å². The fraction of sp³-hybridized carbons (Fsp3) is 0.583. The summed E-state index contributed by atoms with van der Waals surface area (Å²) in [5.41, 5.74) is 0.703. The smallest absolute Gasteiger partial charge is 0.407 e. The number of alkyl carbamates (subject to hydrolysis) is 1. The molecule has 1 aliphatic carbocycles. The normalized spacial score (nSPS) is 24.0. The monoisotopic (exact) mass is 428 g/mol. The summed E-state index contributed by atoms with van der Waals surface area (Å²) in [5, 5.41) is 6.59. The van der Waals surface area contributed by atoms with E-state index in [4.69, 9.17) is 4.74 Å². The van der Waals surface area contributed by atoms with E-state index in [1.165, 1.54) is 13.2 Å². The average molecular weight is 429 g/mol. The van der Waals surface area contributed by atoms with Crippen LogP contribution in [0.5, 0.6) is 0 Å². The first-order valence-electron chi connectivity index (χ1n) is 11.3. The number of carbonyl (C=O) groups excluding carboxylic acids is 1. The maximum atomic E-state index is 14.6. The van der Waals surface area contributed by atoms with Crippen molar-refractivity contribution in [3.8, 4) is 0 Å². The van der Waals surface area contributed by atoms with Crippen LogP contribution in [0.4, 0.5) is 9.18 Å². The largest absolute Gasteiger partial charge is 0.453 e. The molecular formula is C24H33FN4O2. The lowest BCUT2D eigenvalue weighted by atomic mass is 9.58. The Morgan fingerprint density at radius 3 is 2.81 bits per heavy atom. The quantitative estimate of drug-likeness (QED) is 0.735. The van der Waals surface area contributed by atoms with E-state index < -0.39 is 6.09 Å². The van der Waals surface area contributed by atoms with Gasteiger partial charge in [-0.1, -0.05) is 18.6 Å².